The highest BCUT2D eigenvalue weighted by atomic mass is 16.5. The molecule has 2 aromatic carbocycles. The summed E-state index contributed by atoms with van der Waals surface area (Å²) in [6.45, 7) is 0. The molecule has 0 aromatic heterocycles. The van der Waals surface area contributed by atoms with Crippen molar-refractivity contribution in [2.45, 2.75) is 12.3 Å². The van der Waals surface area contributed by atoms with Gasteiger partial charge in [-0.05, 0) is 17.5 Å². The molecule has 1 aliphatic rings. The van der Waals surface area contributed by atoms with Crippen LogP contribution in [0.3, 0.4) is 0 Å². The van der Waals surface area contributed by atoms with Crippen molar-refractivity contribution in [3.8, 4) is 0 Å². The van der Waals surface area contributed by atoms with Gasteiger partial charge in [0.15, 0.2) is 0 Å². The van der Waals surface area contributed by atoms with Crippen LogP contribution < -0.4 is 0 Å². The maximum Gasteiger partial charge on any atom is 0.316 e. The van der Waals surface area contributed by atoms with Gasteiger partial charge in [0.05, 0.1) is 12.5 Å². The molecule has 21 heavy (non-hydrogen) atoms. The zero-order valence-corrected chi connectivity index (χ0v) is 12.0. The fourth-order valence-electron chi connectivity index (χ4n) is 2.86. The van der Waals surface area contributed by atoms with Crippen LogP contribution in [0.15, 0.2) is 66.7 Å². The van der Waals surface area contributed by atoms with Crippen molar-refractivity contribution < 1.29 is 9.53 Å². The number of carbonyl (C=O) groups is 1. The van der Waals surface area contributed by atoms with E-state index in [9.17, 15) is 4.79 Å². The Labute approximate surface area is 125 Å². The van der Waals surface area contributed by atoms with Gasteiger partial charge in [-0.15, -0.1) is 0 Å². The Kier molecular flexibility index (Phi) is 3.61. The number of ether oxygens (including phenoxy) is 1. The molecule has 1 aliphatic carbocycles. The van der Waals surface area contributed by atoms with Gasteiger partial charge in [-0.1, -0.05) is 72.8 Å². The first-order valence-electron chi connectivity index (χ1n) is 7.14. The Morgan fingerprint density at radius 1 is 1.10 bits per heavy atom. The van der Waals surface area contributed by atoms with Gasteiger partial charge >= 0.3 is 5.97 Å². The van der Waals surface area contributed by atoms with E-state index in [1.165, 1.54) is 12.7 Å². The Balaban J connectivity index is 1.87. The van der Waals surface area contributed by atoms with E-state index < -0.39 is 5.41 Å². The van der Waals surface area contributed by atoms with Crippen LogP contribution in [0.25, 0.3) is 6.08 Å². The van der Waals surface area contributed by atoms with E-state index in [0.29, 0.717) is 0 Å². The van der Waals surface area contributed by atoms with Gasteiger partial charge in [-0.3, -0.25) is 4.79 Å². The van der Waals surface area contributed by atoms with Crippen LogP contribution in [0.2, 0.25) is 0 Å². The van der Waals surface area contributed by atoms with Crippen LogP contribution in [-0.4, -0.2) is 13.1 Å². The van der Waals surface area contributed by atoms with E-state index in [1.54, 1.807) is 0 Å². The van der Waals surface area contributed by atoms with Crippen molar-refractivity contribution in [2.75, 3.05) is 7.11 Å². The number of hydrogen-bond donors (Lipinski definition) is 0. The Morgan fingerprint density at radius 3 is 2.33 bits per heavy atom. The smallest absolute Gasteiger partial charge is 0.316 e. The molecule has 2 unspecified atom stereocenters. The van der Waals surface area contributed by atoms with Gasteiger partial charge in [0.25, 0.3) is 0 Å². The highest BCUT2D eigenvalue weighted by Crippen LogP contribution is 2.61. The summed E-state index contributed by atoms with van der Waals surface area (Å²) in [7, 11) is 1.46. The van der Waals surface area contributed by atoms with Gasteiger partial charge in [0, 0.05) is 5.92 Å². The van der Waals surface area contributed by atoms with Gasteiger partial charge in [-0.2, -0.15) is 0 Å². The second-order valence-electron chi connectivity index (χ2n) is 5.44. The van der Waals surface area contributed by atoms with Crippen molar-refractivity contribution in [3.05, 3.63) is 77.9 Å². The average molecular weight is 278 g/mol. The van der Waals surface area contributed by atoms with Crippen LogP contribution in [-0.2, 0) is 9.53 Å². The van der Waals surface area contributed by atoms with Gasteiger partial charge < -0.3 is 4.74 Å². The Bertz CT molecular complexity index is 646. The monoisotopic (exact) mass is 278 g/mol. The molecule has 1 saturated carbocycles. The number of benzene rings is 2. The highest BCUT2D eigenvalue weighted by Gasteiger charge is 2.59. The maximum atomic E-state index is 12.2. The predicted octanol–water partition coefficient (Wildman–Crippen LogP) is 4.05. The quantitative estimate of drug-likeness (QED) is 0.789. The second-order valence-corrected chi connectivity index (χ2v) is 5.44. The lowest BCUT2D eigenvalue weighted by Crippen LogP contribution is -2.17. The van der Waals surface area contributed by atoms with Crippen LogP contribution in [0, 0.1) is 5.41 Å². The lowest BCUT2D eigenvalue weighted by atomic mass is 9.97. The molecule has 106 valence electrons. The minimum atomic E-state index is -0.508. The molecule has 0 saturated heterocycles. The molecule has 0 radical (unpaired) electrons. The van der Waals surface area contributed by atoms with E-state index in [4.69, 9.17) is 4.74 Å². The normalized spacial score (nSPS) is 24.0. The SMILES string of the molecule is COC(=O)C1(C=Cc2ccccc2)CC1c1ccccc1. The molecule has 2 atom stereocenters. The number of carbonyl (C=O) groups excluding carboxylic acids is 1. The molecule has 0 N–H and O–H groups in total. The largest absolute Gasteiger partial charge is 0.468 e. The van der Waals surface area contributed by atoms with Crippen molar-refractivity contribution >= 4 is 12.0 Å². The summed E-state index contributed by atoms with van der Waals surface area (Å²) < 4.78 is 5.03. The fraction of sp³-hybridized carbons (Fsp3) is 0.211. The molecule has 0 heterocycles. The molecular weight excluding hydrogens is 260 g/mol. The number of esters is 1. The predicted molar refractivity (Wildman–Crippen MR) is 83.7 cm³/mol. The minimum Gasteiger partial charge on any atom is -0.468 e. The minimum absolute atomic E-state index is 0.150. The van der Waals surface area contributed by atoms with E-state index in [1.807, 2.05) is 60.7 Å². The third-order valence-electron chi connectivity index (χ3n) is 4.14. The maximum absolute atomic E-state index is 12.2. The van der Waals surface area contributed by atoms with Gasteiger partial charge in [0.2, 0.25) is 0 Å². The molecule has 2 heteroatoms. The summed E-state index contributed by atoms with van der Waals surface area (Å²) in [6, 6.07) is 20.2. The summed E-state index contributed by atoms with van der Waals surface area (Å²) >= 11 is 0. The summed E-state index contributed by atoms with van der Waals surface area (Å²) in [4.78, 5) is 12.2. The molecule has 0 amide bonds. The van der Waals surface area contributed by atoms with Crippen molar-refractivity contribution in [3.63, 3.8) is 0 Å². The van der Waals surface area contributed by atoms with Crippen molar-refractivity contribution in [1.29, 1.82) is 0 Å². The molecule has 2 aromatic rings. The second kappa shape index (κ2) is 5.57. The van der Waals surface area contributed by atoms with Gasteiger partial charge in [0.1, 0.15) is 0 Å². The summed E-state index contributed by atoms with van der Waals surface area (Å²) in [5, 5.41) is 0. The fourth-order valence-corrected chi connectivity index (χ4v) is 2.86. The molecule has 1 fully saturated rings. The Morgan fingerprint density at radius 2 is 1.71 bits per heavy atom. The Hall–Kier alpha value is -2.35. The lowest BCUT2D eigenvalue weighted by molar-refractivity contribution is -0.145. The van der Waals surface area contributed by atoms with E-state index in [2.05, 4.69) is 12.1 Å². The first-order chi connectivity index (χ1) is 10.3. The molecule has 0 aliphatic heterocycles. The van der Waals surface area contributed by atoms with Crippen LogP contribution in [0.1, 0.15) is 23.5 Å². The molecule has 0 spiro atoms. The van der Waals surface area contributed by atoms with Crippen LogP contribution >= 0.6 is 0 Å². The third kappa shape index (κ3) is 2.62. The topological polar surface area (TPSA) is 26.3 Å². The van der Waals surface area contributed by atoms with Gasteiger partial charge in [-0.25, -0.2) is 0 Å². The lowest BCUT2D eigenvalue weighted by Gasteiger charge is -2.10. The summed E-state index contributed by atoms with van der Waals surface area (Å²) in [5.74, 6) is 0.0645. The molecule has 3 rings (SSSR count). The number of methoxy groups -OCH3 is 1. The third-order valence-corrected chi connectivity index (χ3v) is 4.14. The standard InChI is InChI=1S/C19H18O2/c1-21-18(20)19(13-12-15-8-4-2-5-9-15)14-17(19)16-10-6-3-7-11-16/h2-13,17H,14H2,1H3. The first kappa shape index (κ1) is 13.6. The van der Waals surface area contributed by atoms with E-state index in [0.717, 1.165) is 12.0 Å². The first-order valence-corrected chi connectivity index (χ1v) is 7.14. The molecule has 2 nitrogen and oxygen atoms in total. The van der Waals surface area contributed by atoms with E-state index >= 15 is 0 Å². The van der Waals surface area contributed by atoms with Crippen LogP contribution in [0.4, 0.5) is 0 Å². The molecular formula is C19H18O2. The zero-order chi connectivity index (χ0) is 14.7. The number of hydrogen-bond acceptors (Lipinski definition) is 2. The average Bonchev–Trinajstić information content (AvgIpc) is 3.30. The zero-order valence-electron chi connectivity index (χ0n) is 12.0. The van der Waals surface area contributed by atoms with Crippen molar-refractivity contribution in [1.82, 2.24) is 0 Å². The van der Waals surface area contributed by atoms with E-state index in [-0.39, 0.29) is 11.9 Å². The van der Waals surface area contributed by atoms with Crippen LogP contribution in [0.5, 0.6) is 0 Å². The highest BCUT2D eigenvalue weighted by molar-refractivity contribution is 5.86. The molecule has 0 bridgehead atoms. The summed E-state index contributed by atoms with van der Waals surface area (Å²) in [5.41, 5.74) is 1.78. The van der Waals surface area contributed by atoms with Crippen molar-refractivity contribution in [2.24, 2.45) is 5.41 Å². The number of rotatable bonds is 4. The summed E-state index contributed by atoms with van der Waals surface area (Å²) in [6.07, 6.45) is 4.83.